The number of halogens is 1. The second-order valence-corrected chi connectivity index (χ2v) is 8.59. The molecule has 4 rings (SSSR count). The minimum absolute atomic E-state index is 0.215. The summed E-state index contributed by atoms with van der Waals surface area (Å²) in [5.74, 6) is -1.04. The molecule has 2 aromatic heterocycles. The molecule has 2 heterocycles. The second kappa shape index (κ2) is 8.72. The van der Waals surface area contributed by atoms with E-state index in [1.165, 1.54) is 18.7 Å². The first kappa shape index (κ1) is 22.6. The third kappa shape index (κ3) is 3.98. The van der Waals surface area contributed by atoms with Crippen LogP contribution in [0.4, 0.5) is 5.82 Å². The lowest BCUT2D eigenvalue weighted by atomic mass is 10.2. The molecule has 0 aliphatic rings. The van der Waals surface area contributed by atoms with Crippen LogP contribution in [0.3, 0.4) is 0 Å². The normalized spacial score (nSPS) is 11.1. The number of benzene rings is 2. The Hall–Kier alpha value is -3.63. The maximum atomic E-state index is 13.3. The number of Topliss-reactive ketones (excluding diaryl/α,β-unsaturated/α-hetero) is 1. The van der Waals surface area contributed by atoms with Crippen molar-refractivity contribution in [2.45, 2.75) is 5.16 Å². The number of nitrogens with zero attached hydrogens (tertiary/aromatic N) is 4. The number of rotatable bonds is 5. The van der Waals surface area contributed by atoms with Gasteiger partial charge in [0.15, 0.2) is 10.9 Å². The van der Waals surface area contributed by atoms with Crippen LogP contribution in [0.1, 0.15) is 10.4 Å². The van der Waals surface area contributed by atoms with E-state index in [9.17, 15) is 19.2 Å². The Kier molecular flexibility index (Phi) is 5.96. The van der Waals surface area contributed by atoms with Gasteiger partial charge in [0.2, 0.25) is 0 Å². The lowest BCUT2D eigenvalue weighted by molar-refractivity contribution is 0.102. The molecule has 33 heavy (non-hydrogen) atoms. The van der Waals surface area contributed by atoms with E-state index in [4.69, 9.17) is 17.3 Å². The van der Waals surface area contributed by atoms with Crippen molar-refractivity contribution < 1.29 is 4.79 Å². The number of nitrogen functional groups attached to an aromatic ring is 1. The van der Waals surface area contributed by atoms with Crippen LogP contribution >= 0.6 is 23.4 Å². The largest absolute Gasteiger partial charge is 0.384 e. The summed E-state index contributed by atoms with van der Waals surface area (Å²) < 4.78 is 3.23. The molecule has 0 aliphatic heterocycles. The highest BCUT2D eigenvalue weighted by molar-refractivity contribution is 7.99. The zero-order valence-corrected chi connectivity index (χ0v) is 19.2. The second-order valence-electron chi connectivity index (χ2n) is 7.21. The zero-order chi connectivity index (χ0) is 23.9. The van der Waals surface area contributed by atoms with E-state index in [1.54, 1.807) is 48.5 Å². The highest BCUT2D eigenvalue weighted by Crippen LogP contribution is 2.24. The molecule has 0 saturated heterocycles. The Morgan fingerprint density at radius 1 is 1.03 bits per heavy atom. The average molecular weight is 484 g/mol. The van der Waals surface area contributed by atoms with Crippen molar-refractivity contribution in [3.8, 4) is 5.69 Å². The highest BCUT2D eigenvalue weighted by Gasteiger charge is 2.22. The summed E-state index contributed by atoms with van der Waals surface area (Å²) in [6.07, 6.45) is 0. The van der Waals surface area contributed by atoms with Crippen LogP contribution in [0.15, 0.2) is 68.1 Å². The van der Waals surface area contributed by atoms with Gasteiger partial charge in [0.05, 0.1) is 22.3 Å². The Balaban J connectivity index is 1.81. The molecule has 0 fully saturated rings. The SMILES string of the molecule is Cn1c(N)c(C(=O)CSc2nc3ccccc3c(=O)n2-c2cccc(Cl)c2)c(=O)n(C)c1=O. The lowest BCUT2D eigenvalue weighted by Gasteiger charge is -2.14. The number of nitrogens with two attached hydrogens (primary N) is 1. The Bertz CT molecular complexity index is 1610. The van der Waals surface area contributed by atoms with E-state index in [1.807, 2.05) is 0 Å². The first-order valence-electron chi connectivity index (χ1n) is 9.70. The molecule has 0 spiro atoms. The van der Waals surface area contributed by atoms with Crippen molar-refractivity contribution in [3.63, 3.8) is 0 Å². The molecule has 0 atom stereocenters. The average Bonchev–Trinajstić information content (AvgIpc) is 2.80. The minimum Gasteiger partial charge on any atom is -0.384 e. The minimum atomic E-state index is -0.778. The van der Waals surface area contributed by atoms with Crippen LogP contribution in [-0.4, -0.2) is 30.2 Å². The molecule has 2 aromatic carbocycles. The van der Waals surface area contributed by atoms with Crippen LogP contribution in [0.2, 0.25) is 5.02 Å². The number of para-hydroxylation sites is 1. The molecule has 0 amide bonds. The third-order valence-corrected chi connectivity index (χ3v) is 6.31. The van der Waals surface area contributed by atoms with Crippen molar-refractivity contribution >= 4 is 45.9 Å². The number of ketones is 1. The topological polar surface area (TPSA) is 122 Å². The van der Waals surface area contributed by atoms with Gasteiger partial charge in [-0.15, -0.1) is 0 Å². The van der Waals surface area contributed by atoms with E-state index >= 15 is 0 Å². The molecular weight excluding hydrogens is 466 g/mol. The van der Waals surface area contributed by atoms with Crippen molar-refractivity contribution in [2.75, 3.05) is 11.5 Å². The summed E-state index contributed by atoms with van der Waals surface area (Å²) in [6, 6.07) is 13.6. The Morgan fingerprint density at radius 3 is 2.48 bits per heavy atom. The summed E-state index contributed by atoms with van der Waals surface area (Å²) in [5.41, 5.74) is 4.82. The standard InChI is InChI=1S/C22H18ClN5O4S/c1-26-18(24)17(20(31)27(2)22(26)32)16(29)11-33-21-25-15-9-4-3-8-14(15)19(30)28(21)13-7-5-6-12(23)10-13/h3-10H,11,24H2,1-2H3. The fourth-order valence-corrected chi connectivity index (χ4v) is 4.45. The maximum absolute atomic E-state index is 13.3. The van der Waals surface area contributed by atoms with Gasteiger partial charge in [-0.25, -0.2) is 9.78 Å². The van der Waals surface area contributed by atoms with Gasteiger partial charge >= 0.3 is 5.69 Å². The predicted molar refractivity (Wildman–Crippen MR) is 129 cm³/mol. The van der Waals surface area contributed by atoms with Gasteiger partial charge in [0, 0.05) is 19.1 Å². The van der Waals surface area contributed by atoms with Gasteiger partial charge in [-0.1, -0.05) is 41.6 Å². The van der Waals surface area contributed by atoms with Crippen LogP contribution in [0.25, 0.3) is 16.6 Å². The molecule has 9 nitrogen and oxygen atoms in total. The fraction of sp³-hybridized carbons (Fsp3) is 0.136. The van der Waals surface area contributed by atoms with Gasteiger partial charge in [-0.3, -0.25) is 28.1 Å². The van der Waals surface area contributed by atoms with Crippen molar-refractivity contribution in [1.82, 2.24) is 18.7 Å². The molecule has 0 saturated carbocycles. The van der Waals surface area contributed by atoms with Crippen LogP contribution in [0.5, 0.6) is 0 Å². The number of fused-ring (bicyclic) bond motifs is 1. The van der Waals surface area contributed by atoms with Gasteiger partial charge in [0.1, 0.15) is 11.4 Å². The fourth-order valence-electron chi connectivity index (χ4n) is 3.38. The van der Waals surface area contributed by atoms with Crippen LogP contribution in [-0.2, 0) is 14.1 Å². The quantitative estimate of drug-likeness (QED) is 0.261. The summed E-state index contributed by atoms with van der Waals surface area (Å²) in [6.45, 7) is 0. The Morgan fingerprint density at radius 2 is 1.76 bits per heavy atom. The number of aromatic nitrogens is 4. The zero-order valence-electron chi connectivity index (χ0n) is 17.6. The molecule has 4 aromatic rings. The van der Waals surface area contributed by atoms with Gasteiger partial charge in [0.25, 0.3) is 11.1 Å². The number of hydrogen-bond donors (Lipinski definition) is 1. The molecular formula is C22H18ClN5O4S. The molecule has 0 radical (unpaired) electrons. The van der Waals surface area contributed by atoms with E-state index in [0.717, 1.165) is 20.9 Å². The third-order valence-electron chi connectivity index (χ3n) is 5.13. The van der Waals surface area contributed by atoms with Gasteiger partial charge in [-0.05, 0) is 30.3 Å². The number of hydrogen-bond acceptors (Lipinski definition) is 7. The van der Waals surface area contributed by atoms with Crippen LogP contribution < -0.4 is 22.5 Å². The smallest absolute Gasteiger partial charge is 0.332 e. The number of carbonyl (C=O) groups is 1. The van der Waals surface area contributed by atoms with E-state index in [2.05, 4.69) is 4.98 Å². The van der Waals surface area contributed by atoms with Gasteiger partial charge < -0.3 is 5.73 Å². The summed E-state index contributed by atoms with van der Waals surface area (Å²) in [4.78, 5) is 55.4. The van der Waals surface area contributed by atoms with Crippen molar-refractivity contribution in [2.24, 2.45) is 14.1 Å². The Labute approximate surface area is 196 Å². The summed E-state index contributed by atoms with van der Waals surface area (Å²) >= 11 is 7.11. The molecule has 11 heteroatoms. The summed E-state index contributed by atoms with van der Waals surface area (Å²) in [5, 5.41) is 1.08. The highest BCUT2D eigenvalue weighted by atomic mass is 35.5. The predicted octanol–water partition coefficient (Wildman–Crippen LogP) is 1.99. The number of anilines is 1. The van der Waals surface area contributed by atoms with Crippen LogP contribution in [0, 0.1) is 0 Å². The number of carbonyl (C=O) groups excluding carboxylic acids is 1. The first-order valence-corrected chi connectivity index (χ1v) is 11.1. The molecule has 0 aliphatic carbocycles. The van der Waals surface area contributed by atoms with Gasteiger partial charge in [-0.2, -0.15) is 0 Å². The molecule has 0 unspecified atom stereocenters. The van der Waals surface area contributed by atoms with E-state index in [0.29, 0.717) is 21.6 Å². The molecule has 2 N–H and O–H groups in total. The maximum Gasteiger partial charge on any atom is 0.332 e. The van der Waals surface area contributed by atoms with Crippen molar-refractivity contribution in [3.05, 3.63) is 90.3 Å². The van der Waals surface area contributed by atoms with E-state index in [-0.39, 0.29) is 27.8 Å². The van der Waals surface area contributed by atoms with Crippen molar-refractivity contribution in [1.29, 1.82) is 0 Å². The first-order chi connectivity index (χ1) is 15.7. The monoisotopic (exact) mass is 483 g/mol. The molecule has 0 bridgehead atoms. The van der Waals surface area contributed by atoms with E-state index < -0.39 is 17.0 Å². The summed E-state index contributed by atoms with van der Waals surface area (Å²) in [7, 11) is 2.65. The molecule has 168 valence electrons. The number of thioether (sulfide) groups is 1. The lowest BCUT2D eigenvalue weighted by Crippen LogP contribution is -2.41.